The van der Waals surface area contributed by atoms with Gasteiger partial charge in [0.2, 0.25) is 11.1 Å². The summed E-state index contributed by atoms with van der Waals surface area (Å²) in [6.07, 6.45) is 0. The van der Waals surface area contributed by atoms with Crippen LogP contribution in [0.1, 0.15) is 40.4 Å². The predicted molar refractivity (Wildman–Crippen MR) is 100 cm³/mol. The van der Waals surface area contributed by atoms with Crippen LogP contribution in [0.4, 0.5) is 5.69 Å². The largest absolute Gasteiger partial charge is 0.492 e. The third kappa shape index (κ3) is 4.66. The van der Waals surface area contributed by atoms with E-state index in [1.54, 1.807) is 6.92 Å². The quantitative estimate of drug-likeness (QED) is 0.605. The van der Waals surface area contributed by atoms with Crippen LogP contribution in [0.3, 0.4) is 0 Å². The number of aromatic nitrogens is 3. The number of nitrogen functional groups attached to an aromatic ring is 1. The highest BCUT2D eigenvalue weighted by Crippen LogP contribution is 2.28. The molecule has 2 aromatic rings. The number of nitrogens with zero attached hydrogens (tertiary/aromatic N) is 3. The zero-order valence-corrected chi connectivity index (χ0v) is 16.1. The van der Waals surface area contributed by atoms with E-state index < -0.39 is 5.25 Å². The van der Waals surface area contributed by atoms with Crippen molar-refractivity contribution < 1.29 is 9.53 Å². The molecule has 1 unspecified atom stereocenters. The minimum absolute atomic E-state index is 0.155. The number of carbonyl (C=O) groups excluding carboxylic acids is 1. The second-order valence-corrected chi connectivity index (χ2v) is 7.91. The number of benzene rings is 1. The molecule has 3 N–H and O–H groups in total. The molecule has 136 valence electrons. The van der Waals surface area contributed by atoms with Crippen molar-refractivity contribution in [3.8, 4) is 5.75 Å². The molecule has 0 bridgehead atoms. The van der Waals surface area contributed by atoms with Crippen LogP contribution in [0.5, 0.6) is 5.75 Å². The monoisotopic (exact) mass is 363 g/mol. The van der Waals surface area contributed by atoms with Gasteiger partial charge in [-0.2, -0.15) is 0 Å². The van der Waals surface area contributed by atoms with Crippen molar-refractivity contribution in [3.05, 3.63) is 30.1 Å². The molecule has 1 atom stereocenters. The Morgan fingerprint density at radius 2 is 2.04 bits per heavy atom. The third-order valence-electron chi connectivity index (χ3n) is 3.43. The van der Waals surface area contributed by atoms with Gasteiger partial charge in [-0.3, -0.25) is 4.79 Å². The van der Waals surface area contributed by atoms with Crippen LogP contribution < -0.4 is 15.9 Å². The Morgan fingerprint density at radius 3 is 2.64 bits per heavy atom. The summed E-state index contributed by atoms with van der Waals surface area (Å²) in [6.45, 7) is 10.3. The van der Waals surface area contributed by atoms with Crippen LogP contribution >= 0.6 is 11.8 Å². The van der Waals surface area contributed by atoms with Gasteiger partial charge in [0, 0.05) is 5.41 Å². The second-order valence-electron chi connectivity index (χ2n) is 6.60. The molecule has 1 aromatic heterocycles. The molecule has 1 heterocycles. The lowest BCUT2D eigenvalue weighted by Crippen LogP contribution is -2.26. The van der Waals surface area contributed by atoms with Crippen molar-refractivity contribution in [1.82, 2.24) is 14.9 Å². The molecule has 0 saturated heterocycles. The third-order valence-corrected chi connectivity index (χ3v) is 4.49. The molecule has 1 aromatic carbocycles. The second kappa shape index (κ2) is 7.77. The molecule has 8 heteroatoms. The normalized spacial score (nSPS) is 12.7. The van der Waals surface area contributed by atoms with E-state index in [1.165, 1.54) is 16.4 Å². The fraction of sp³-hybridized carbons (Fsp3) is 0.471. The molecule has 7 nitrogen and oxygen atoms in total. The number of nitrogens with one attached hydrogen (secondary N) is 1. The van der Waals surface area contributed by atoms with Gasteiger partial charge in [0.25, 0.3) is 0 Å². The zero-order valence-electron chi connectivity index (χ0n) is 15.2. The summed E-state index contributed by atoms with van der Waals surface area (Å²) < 4.78 is 6.97. The Hall–Kier alpha value is -2.22. The number of carbonyl (C=O) groups is 1. The van der Waals surface area contributed by atoms with Gasteiger partial charge in [0.05, 0.1) is 17.5 Å². The minimum Gasteiger partial charge on any atom is -0.492 e. The molecule has 2 rings (SSSR count). The van der Waals surface area contributed by atoms with E-state index >= 15 is 0 Å². The van der Waals surface area contributed by atoms with Gasteiger partial charge in [0.15, 0.2) is 5.82 Å². The molecule has 0 spiro atoms. The summed E-state index contributed by atoms with van der Waals surface area (Å²) in [6, 6.07) is 7.35. The van der Waals surface area contributed by atoms with E-state index in [-0.39, 0.29) is 11.3 Å². The van der Waals surface area contributed by atoms with Gasteiger partial charge < -0.3 is 15.9 Å². The van der Waals surface area contributed by atoms with Gasteiger partial charge in [-0.15, -0.1) is 10.2 Å². The number of para-hydroxylation sites is 2. The van der Waals surface area contributed by atoms with E-state index in [2.05, 4.69) is 15.5 Å². The molecule has 1 amide bonds. The molecule has 0 aliphatic rings. The highest BCUT2D eigenvalue weighted by atomic mass is 32.2. The van der Waals surface area contributed by atoms with E-state index in [1.807, 2.05) is 52.0 Å². The Morgan fingerprint density at radius 1 is 1.36 bits per heavy atom. The van der Waals surface area contributed by atoms with Gasteiger partial charge >= 0.3 is 0 Å². The summed E-state index contributed by atoms with van der Waals surface area (Å²) in [5, 5.41) is 11.2. The van der Waals surface area contributed by atoms with E-state index in [4.69, 9.17) is 10.6 Å². The molecule has 0 radical (unpaired) electrons. The number of rotatable bonds is 6. The first-order valence-electron chi connectivity index (χ1n) is 8.14. The molecule has 25 heavy (non-hydrogen) atoms. The summed E-state index contributed by atoms with van der Waals surface area (Å²) >= 11 is 1.27. The van der Waals surface area contributed by atoms with Crippen LogP contribution in [0.15, 0.2) is 29.4 Å². The van der Waals surface area contributed by atoms with E-state index in [0.29, 0.717) is 29.0 Å². The molecule has 0 saturated carbocycles. The average molecular weight is 363 g/mol. The topological polar surface area (TPSA) is 95.1 Å². The van der Waals surface area contributed by atoms with Crippen molar-refractivity contribution in [2.45, 2.75) is 50.4 Å². The first kappa shape index (κ1) is 19.1. The number of amides is 1. The van der Waals surface area contributed by atoms with Gasteiger partial charge in [-0.05, 0) is 26.0 Å². The van der Waals surface area contributed by atoms with Gasteiger partial charge in [-0.25, -0.2) is 4.68 Å². The van der Waals surface area contributed by atoms with Crippen LogP contribution in [0.25, 0.3) is 0 Å². The lowest BCUT2D eigenvalue weighted by Gasteiger charge is -2.17. The maximum atomic E-state index is 12.5. The van der Waals surface area contributed by atoms with Crippen LogP contribution in [-0.2, 0) is 10.2 Å². The minimum atomic E-state index is -0.394. The highest BCUT2D eigenvalue weighted by molar-refractivity contribution is 8.00. The average Bonchev–Trinajstić information content (AvgIpc) is 2.90. The Balaban J connectivity index is 2.08. The molecule has 0 aliphatic heterocycles. The Labute approximate surface area is 152 Å². The zero-order chi connectivity index (χ0) is 18.6. The van der Waals surface area contributed by atoms with Gasteiger partial charge in [0.1, 0.15) is 5.75 Å². The summed E-state index contributed by atoms with van der Waals surface area (Å²) in [5.74, 6) is 7.23. The fourth-order valence-corrected chi connectivity index (χ4v) is 2.94. The predicted octanol–water partition coefficient (Wildman–Crippen LogP) is 2.81. The van der Waals surface area contributed by atoms with Crippen molar-refractivity contribution in [3.63, 3.8) is 0 Å². The number of nitrogens with two attached hydrogens (primary N) is 1. The number of anilines is 1. The van der Waals surface area contributed by atoms with Crippen molar-refractivity contribution in [2.75, 3.05) is 17.8 Å². The lowest BCUT2D eigenvalue weighted by atomic mass is 9.96. The smallest absolute Gasteiger partial charge is 0.237 e. The van der Waals surface area contributed by atoms with Crippen molar-refractivity contribution >= 4 is 23.4 Å². The lowest BCUT2D eigenvalue weighted by molar-refractivity contribution is -0.115. The summed E-state index contributed by atoms with van der Waals surface area (Å²) in [4.78, 5) is 12.5. The number of hydrogen-bond donors (Lipinski definition) is 2. The Kier molecular flexibility index (Phi) is 5.94. The molecular weight excluding hydrogens is 338 g/mol. The van der Waals surface area contributed by atoms with Crippen LogP contribution in [0.2, 0.25) is 0 Å². The standard InChI is InChI=1S/C17H25N5O2S/c1-6-24-13-10-8-7-9-12(13)19-14(23)11(2)25-16-21-20-15(22(16)18)17(3,4)5/h7-11H,6,18H2,1-5H3,(H,19,23). The van der Waals surface area contributed by atoms with E-state index in [0.717, 1.165) is 0 Å². The van der Waals surface area contributed by atoms with Crippen molar-refractivity contribution in [1.29, 1.82) is 0 Å². The number of thioether (sulfide) groups is 1. The van der Waals surface area contributed by atoms with Crippen LogP contribution in [-0.4, -0.2) is 32.6 Å². The number of ether oxygens (including phenoxy) is 1. The SMILES string of the molecule is CCOc1ccccc1NC(=O)C(C)Sc1nnc(C(C)(C)C)n1N. The first-order valence-corrected chi connectivity index (χ1v) is 9.02. The molecule has 0 fully saturated rings. The Bertz CT molecular complexity index is 739. The molecular formula is C17H25N5O2S. The van der Waals surface area contributed by atoms with Crippen LogP contribution in [0, 0.1) is 0 Å². The maximum Gasteiger partial charge on any atom is 0.237 e. The van der Waals surface area contributed by atoms with Gasteiger partial charge in [-0.1, -0.05) is 44.7 Å². The summed E-state index contributed by atoms with van der Waals surface area (Å²) in [7, 11) is 0. The number of hydrogen-bond acceptors (Lipinski definition) is 6. The van der Waals surface area contributed by atoms with E-state index in [9.17, 15) is 4.79 Å². The first-order chi connectivity index (χ1) is 11.7. The fourth-order valence-electron chi connectivity index (χ4n) is 2.17. The van der Waals surface area contributed by atoms with Crippen molar-refractivity contribution in [2.24, 2.45) is 0 Å². The maximum absolute atomic E-state index is 12.5. The highest BCUT2D eigenvalue weighted by Gasteiger charge is 2.25. The summed E-state index contributed by atoms with van der Waals surface area (Å²) in [5.41, 5.74) is 0.425. The molecule has 0 aliphatic carbocycles.